The zero-order chi connectivity index (χ0) is 24.3. The second-order valence-corrected chi connectivity index (χ2v) is 11.0. The number of fused-ring (bicyclic) bond motifs is 1. The Morgan fingerprint density at radius 3 is 2.06 bits per heavy atom. The minimum Gasteiger partial charge on any atom is -0.353 e. The lowest BCUT2D eigenvalue weighted by molar-refractivity contribution is -0.136. The maximum Gasteiger partial charge on any atom is 0.263 e. The van der Waals surface area contributed by atoms with E-state index in [1.165, 1.54) is 12.8 Å². The Balaban J connectivity index is 1.38. The predicted octanol–water partition coefficient (Wildman–Crippen LogP) is 4.05. The second-order valence-electron chi connectivity index (χ2n) is 9.30. The predicted molar refractivity (Wildman–Crippen MR) is 137 cm³/mol. The Kier molecular flexibility index (Phi) is 6.86. The van der Waals surface area contributed by atoms with Crippen molar-refractivity contribution in [1.29, 1.82) is 0 Å². The third-order valence-corrected chi connectivity index (χ3v) is 8.25. The molecule has 0 atom stereocenters. The second kappa shape index (κ2) is 10.2. The molecule has 0 saturated carbocycles. The number of hydrogen-bond donors (Lipinski definition) is 1. The zero-order valence-electron chi connectivity index (χ0n) is 19.8. The number of piperidine rings is 1. The first-order valence-electron chi connectivity index (χ1n) is 12.4. The molecule has 3 aromatic rings. The van der Waals surface area contributed by atoms with Crippen LogP contribution in [0.3, 0.4) is 0 Å². The van der Waals surface area contributed by atoms with E-state index < -0.39 is 10.0 Å². The lowest BCUT2D eigenvalue weighted by atomic mass is 9.95. The fourth-order valence-corrected chi connectivity index (χ4v) is 5.98. The number of para-hydroxylation sites is 2. The van der Waals surface area contributed by atoms with E-state index in [2.05, 4.69) is 14.6 Å². The molecule has 2 aromatic carbocycles. The van der Waals surface area contributed by atoms with Gasteiger partial charge in [0.05, 0.1) is 15.9 Å². The quantitative estimate of drug-likeness (QED) is 0.576. The largest absolute Gasteiger partial charge is 0.353 e. The number of aromatic nitrogens is 2. The molecule has 0 spiro atoms. The molecular formula is C26H31N5O3S. The standard InChI is InChI=1S/C26H31N5O3S/c32-26(31-16-8-1-2-9-17-31)20-14-18-30(19-15-20)25-24(27-22-12-6-7-13-23(22)28-25)29-35(33,34)21-10-4-3-5-11-21/h3-7,10-13,20H,1-2,8-9,14-19H2,(H,27,29). The van der Waals surface area contributed by atoms with E-state index in [0.29, 0.717) is 42.8 Å². The molecule has 0 unspecified atom stereocenters. The summed E-state index contributed by atoms with van der Waals surface area (Å²) in [6.07, 6.45) is 6.00. The smallest absolute Gasteiger partial charge is 0.263 e. The van der Waals surface area contributed by atoms with Crippen LogP contribution in [0.15, 0.2) is 59.5 Å². The summed E-state index contributed by atoms with van der Waals surface area (Å²) in [5.41, 5.74) is 1.32. The number of anilines is 2. The number of sulfonamides is 1. The number of amides is 1. The van der Waals surface area contributed by atoms with E-state index in [-0.39, 0.29) is 22.5 Å². The fraction of sp³-hybridized carbons (Fsp3) is 0.423. The Morgan fingerprint density at radius 1 is 0.800 bits per heavy atom. The van der Waals surface area contributed by atoms with Gasteiger partial charge in [-0.3, -0.25) is 9.52 Å². The van der Waals surface area contributed by atoms with E-state index >= 15 is 0 Å². The number of carbonyl (C=O) groups is 1. The molecule has 5 rings (SSSR count). The van der Waals surface area contributed by atoms with Crippen LogP contribution in [-0.4, -0.2) is 55.4 Å². The van der Waals surface area contributed by atoms with Gasteiger partial charge in [-0.1, -0.05) is 43.2 Å². The summed E-state index contributed by atoms with van der Waals surface area (Å²) < 4.78 is 28.8. The number of hydrogen-bond acceptors (Lipinski definition) is 6. The van der Waals surface area contributed by atoms with Gasteiger partial charge in [-0.2, -0.15) is 0 Å². The van der Waals surface area contributed by atoms with E-state index in [1.54, 1.807) is 30.3 Å². The number of likely N-dealkylation sites (tertiary alicyclic amines) is 1. The molecule has 0 radical (unpaired) electrons. The van der Waals surface area contributed by atoms with Crippen LogP contribution in [-0.2, 0) is 14.8 Å². The van der Waals surface area contributed by atoms with Gasteiger partial charge in [-0.15, -0.1) is 0 Å². The van der Waals surface area contributed by atoms with Crippen LogP contribution in [0, 0.1) is 5.92 Å². The molecule has 2 saturated heterocycles. The van der Waals surface area contributed by atoms with Gasteiger partial charge in [-0.25, -0.2) is 18.4 Å². The van der Waals surface area contributed by atoms with Crippen molar-refractivity contribution in [1.82, 2.24) is 14.9 Å². The average molecular weight is 494 g/mol. The Labute approximate surface area is 206 Å². The van der Waals surface area contributed by atoms with E-state index in [1.807, 2.05) is 29.2 Å². The van der Waals surface area contributed by atoms with Crippen molar-refractivity contribution >= 4 is 38.6 Å². The van der Waals surface area contributed by atoms with Crippen LogP contribution in [0.2, 0.25) is 0 Å². The van der Waals surface area contributed by atoms with Crippen molar-refractivity contribution in [3.8, 4) is 0 Å². The number of nitrogens with one attached hydrogen (secondary N) is 1. The van der Waals surface area contributed by atoms with Crippen molar-refractivity contribution in [3.63, 3.8) is 0 Å². The van der Waals surface area contributed by atoms with E-state index in [4.69, 9.17) is 4.98 Å². The summed E-state index contributed by atoms with van der Waals surface area (Å²) in [6.45, 7) is 2.97. The first-order valence-corrected chi connectivity index (χ1v) is 13.9. The van der Waals surface area contributed by atoms with Gasteiger partial charge in [0.2, 0.25) is 5.91 Å². The van der Waals surface area contributed by atoms with Crippen LogP contribution < -0.4 is 9.62 Å². The lowest BCUT2D eigenvalue weighted by Crippen LogP contribution is -2.43. The molecule has 0 aliphatic carbocycles. The molecule has 0 bridgehead atoms. The van der Waals surface area contributed by atoms with Gasteiger partial charge < -0.3 is 9.80 Å². The highest BCUT2D eigenvalue weighted by atomic mass is 32.2. The summed E-state index contributed by atoms with van der Waals surface area (Å²) in [7, 11) is -3.83. The maximum atomic E-state index is 13.1. The molecule has 2 fully saturated rings. The van der Waals surface area contributed by atoms with Crippen molar-refractivity contribution in [2.24, 2.45) is 5.92 Å². The summed E-state index contributed by atoms with van der Waals surface area (Å²) in [4.78, 5) is 26.8. The SMILES string of the molecule is O=C(C1CCN(c2nc3ccccc3nc2NS(=O)(=O)c2ccccc2)CC1)N1CCCCCC1. The summed E-state index contributed by atoms with van der Waals surface area (Å²) >= 11 is 0. The Bertz CT molecular complexity index is 1280. The molecule has 9 heteroatoms. The monoisotopic (exact) mass is 493 g/mol. The van der Waals surface area contributed by atoms with Gasteiger partial charge in [0.15, 0.2) is 11.6 Å². The van der Waals surface area contributed by atoms with Gasteiger partial charge in [0.1, 0.15) is 0 Å². The number of nitrogens with zero attached hydrogens (tertiary/aromatic N) is 4. The summed E-state index contributed by atoms with van der Waals surface area (Å²) in [5, 5.41) is 0. The van der Waals surface area contributed by atoms with Crippen LogP contribution in [0.5, 0.6) is 0 Å². The molecule has 3 heterocycles. The van der Waals surface area contributed by atoms with Crippen LogP contribution in [0.1, 0.15) is 38.5 Å². The Morgan fingerprint density at radius 2 is 1.40 bits per heavy atom. The minimum atomic E-state index is -3.83. The van der Waals surface area contributed by atoms with Crippen molar-refractivity contribution in [3.05, 3.63) is 54.6 Å². The zero-order valence-corrected chi connectivity index (χ0v) is 20.6. The number of rotatable bonds is 5. The van der Waals surface area contributed by atoms with Crippen LogP contribution in [0.25, 0.3) is 11.0 Å². The molecule has 1 amide bonds. The molecule has 1 aromatic heterocycles. The fourth-order valence-electron chi connectivity index (χ4n) is 4.95. The van der Waals surface area contributed by atoms with Gasteiger partial charge >= 0.3 is 0 Å². The van der Waals surface area contributed by atoms with Crippen LogP contribution in [0.4, 0.5) is 11.6 Å². The van der Waals surface area contributed by atoms with E-state index in [0.717, 1.165) is 25.9 Å². The maximum absolute atomic E-state index is 13.1. The number of benzene rings is 2. The molecule has 35 heavy (non-hydrogen) atoms. The van der Waals surface area contributed by atoms with Crippen molar-refractivity contribution in [2.75, 3.05) is 35.8 Å². The third kappa shape index (κ3) is 5.24. The molecule has 2 aliphatic rings. The highest BCUT2D eigenvalue weighted by molar-refractivity contribution is 7.92. The lowest BCUT2D eigenvalue weighted by Gasteiger charge is -2.35. The normalized spacial score (nSPS) is 17.8. The Hall–Kier alpha value is -3.20. The van der Waals surface area contributed by atoms with Gasteiger partial charge in [0, 0.05) is 32.1 Å². The molecule has 1 N–H and O–H groups in total. The molecule has 184 valence electrons. The average Bonchev–Trinajstić information content (AvgIpc) is 3.18. The van der Waals surface area contributed by atoms with Gasteiger partial charge in [-0.05, 0) is 49.9 Å². The molecular weight excluding hydrogens is 462 g/mol. The first kappa shape index (κ1) is 23.5. The van der Waals surface area contributed by atoms with Gasteiger partial charge in [0.25, 0.3) is 10.0 Å². The summed E-state index contributed by atoms with van der Waals surface area (Å²) in [6, 6.07) is 15.7. The first-order chi connectivity index (χ1) is 17.0. The number of carbonyl (C=O) groups excluding carboxylic acids is 1. The topological polar surface area (TPSA) is 95.5 Å². The van der Waals surface area contributed by atoms with Crippen molar-refractivity contribution < 1.29 is 13.2 Å². The highest BCUT2D eigenvalue weighted by Crippen LogP contribution is 2.31. The summed E-state index contributed by atoms with van der Waals surface area (Å²) in [5.74, 6) is 0.983. The highest BCUT2D eigenvalue weighted by Gasteiger charge is 2.31. The van der Waals surface area contributed by atoms with Crippen LogP contribution >= 0.6 is 0 Å². The molecule has 8 nitrogen and oxygen atoms in total. The third-order valence-electron chi connectivity index (χ3n) is 6.90. The molecule has 2 aliphatic heterocycles. The van der Waals surface area contributed by atoms with E-state index in [9.17, 15) is 13.2 Å². The minimum absolute atomic E-state index is 0.00206. The van der Waals surface area contributed by atoms with Crippen molar-refractivity contribution in [2.45, 2.75) is 43.4 Å².